The summed E-state index contributed by atoms with van der Waals surface area (Å²) in [4.78, 5) is 24.2. The molecule has 0 spiro atoms. The summed E-state index contributed by atoms with van der Waals surface area (Å²) >= 11 is 0. The molecule has 23 heavy (non-hydrogen) atoms. The lowest BCUT2D eigenvalue weighted by molar-refractivity contribution is 0.0653. The lowest BCUT2D eigenvalue weighted by Crippen LogP contribution is -2.28. The lowest BCUT2D eigenvalue weighted by Gasteiger charge is -2.15. The Kier molecular flexibility index (Phi) is 5.35. The maximum absolute atomic E-state index is 12.7. The fraction of sp³-hybridized carbons (Fsp3) is 0.250. The van der Waals surface area contributed by atoms with E-state index in [9.17, 15) is 14.0 Å². The average Bonchev–Trinajstić information content (AvgIpc) is 3.02. The van der Waals surface area contributed by atoms with Crippen LogP contribution in [0.3, 0.4) is 0 Å². The van der Waals surface area contributed by atoms with Gasteiger partial charge in [0.1, 0.15) is 11.6 Å². The fourth-order valence-corrected chi connectivity index (χ4v) is 1.88. The number of halogens is 1. The van der Waals surface area contributed by atoms with Crippen molar-refractivity contribution in [3.63, 3.8) is 0 Å². The highest BCUT2D eigenvalue weighted by Crippen LogP contribution is 2.12. The van der Waals surface area contributed by atoms with Crippen LogP contribution in [0.4, 0.5) is 4.39 Å². The molecular weight excluding hydrogens is 305 g/mol. The number of ether oxygens (including phenoxy) is 1. The van der Waals surface area contributed by atoms with Crippen molar-refractivity contribution >= 4 is 11.9 Å². The summed E-state index contributed by atoms with van der Waals surface area (Å²) in [7, 11) is 1.59. The van der Waals surface area contributed by atoms with Crippen LogP contribution in [0, 0.1) is 5.82 Å². The molecule has 1 aromatic carbocycles. The standard InChI is InChI=1S/C16H16FNO5/c1-18(15(19)13-7-8-14(23-13)16(20)21)9-2-10-22-12-5-3-11(17)4-6-12/h3-8H,2,9-10H2,1H3,(H,20,21). The first-order chi connectivity index (χ1) is 11.0. The number of furan rings is 1. The number of carbonyl (C=O) groups is 2. The Labute approximate surface area is 132 Å². The molecular formula is C16H16FNO5. The molecule has 1 heterocycles. The Bertz CT molecular complexity index is 680. The molecule has 0 saturated heterocycles. The first kappa shape index (κ1) is 16.5. The van der Waals surface area contributed by atoms with Gasteiger partial charge in [-0.25, -0.2) is 9.18 Å². The van der Waals surface area contributed by atoms with E-state index in [1.807, 2.05) is 0 Å². The highest BCUT2D eigenvalue weighted by atomic mass is 19.1. The van der Waals surface area contributed by atoms with E-state index in [1.165, 1.54) is 41.3 Å². The van der Waals surface area contributed by atoms with E-state index in [0.717, 1.165) is 0 Å². The van der Waals surface area contributed by atoms with E-state index in [1.54, 1.807) is 7.05 Å². The number of carboxylic acid groups (broad SMARTS) is 1. The van der Waals surface area contributed by atoms with Gasteiger partial charge in [0.05, 0.1) is 6.61 Å². The maximum atomic E-state index is 12.7. The van der Waals surface area contributed by atoms with Crippen molar-refractivity contribution in [3.8, 4) is 5.75 Å². The van der Waals surface area contributed by atoms with Crippen LogP contribution in [0.2, 0.25) is 0 Å². The van der Waals surface area contributed by atoms with Crippen molar-refractivity contribution < 1.29 is 28.2 Å². The molecule has 1 amide bonds. The molecule has 0 bridgehead atoms. The first-order valence-corrected chi connectivity index (χ1v) is 6.94. The summed E-state index contributed by atoms with van der Waals surface area (Å²) in [5.41, 5.74) is 0. The van der Waals surface area contributed by atoms with Crippen molar-refractivity contribution in [1.29, 1.82) is 0 Å². The molecule has 2 aromatic rings. The smallest absolute Gasteiger partial charge is 0.371 e. The van der Waals surface area contributed by atoms with Crippen LogP contribution in [-0.4, -0.2) is 42.1 Å². The van der Waals surface area contributed by atoms with E-state index in [2.05, 4.69) is 0 Å². The predicted molar refractivity (Wildman–Crippen MR) is 79.1 cm³/mol. The molecule has 0 aliphatic carbocycles. The van der Waals surface area contributed by atoms with E-state index in [4.69, 9.17) is 14.3 Å². The molecule has 0 saturated carbocycles. The Morgan fingerprint density at radius 1 is 1.17 bits per heavy atom. The van der Waals surface area contributed by atoms with Gasteiger partial charge in [-0.2, -0.15) is 0 Å². The molecule has 1 N–H and O–H groups in total. The number of nitrogens with zero attached hydrogens (tertiary/aromatic N) is 1. The molecule has 0 atom stereocenters. The van der Waals surface area contributed by atoms with Crippen LogP contribution in [0.5, 0.6) is 5.75 Å². The summed E-state index contributed by atoms with van der Waals surface area (Å²) in [6.45, 7) is 0.769. The minimum Gasteiger partial charge on any atom is -0.494 e. The number of hydrogen-bond donors (Lipinski definition) is 1. The third-order valence-electron chi connectivity index (χ3n) is 3.09. The monoisotopic (exact) mass is 321 g/mol. The zero-order valence-corrected chi connectivity index (χ0v) is 12.5. The van der Waals surface area contributed by atoms with Crippen LogP contribution < -0.4 is 4.74 Å². The van der Waals surface area contributed by atoms with Gasteiger partial charge >= 0.3 is 5.97 Å². The Hall–Kier alpha value is -2.83. The van der Waals surface area contributed by atoms with Crippen molar-refractivity contribution in [3.05, 3.63) is 53.7 Å². The van der Waals surface area contributed by atoms with E-state index in [-0.39, 0.29) is 17.3 Å². The van der Waals surface area contributed by atoms with Gasteiger partial charge in [0.15, 0.2) is 5.76 Å². The van der Waals surface area contributed by atoms with Crippen LogP contribution in [-0.2, 0) is 0 Å². The highest BCUT2D eigenvalue weighted by Gasteiger charge is 2.18. The summed E-state index contributed by atoms with van der Waals surface area (Å²) < 4.78 is 23.1. The topological polar surface area (TPSA) is 80.0 Å². The van der Waals surface area contributed by atoms with Gasteiger partial charge in [0.2, 0.25) is 5.76 Å². The van der Waals surface area contributed by atoms with E-state index >= 15 is 0 Å². The quantitative estimate of drug-likeness (QED) is 0.793. The van der Waals surface area contributed by atoms with Crippen molar-refractivity contribution in [2.75, 3.05) is 20.2 Å². The molecule has 0 aliphatic heterocycles. The van der Waals surface area contributed by atoms with Crippen molar-refractivity contribution in [1.82, 2.24) is 4.90 Å². The minimum atomic E-state index is -1.22. The molecule has 0 aliphatic rings. The SMILES string of the molecule is CN(CCCOc1ccc(F)cc1)C(=O)c1ccc(C(=O)O)o1. The van der Waals surface area contributed by atoms with Gasteiger partial charge in [-0.3, -0.25) is 4.79 Å². The molecule has 7 heteroatoms. The Morgan fingerprint density at radius 2 is 1.83 bits per heavy atom. The zero-order valence-electron chi connectivity index (χ0n) is 12.5. The first-order valence-electron chi connectivity index (χ1n) is 6.94. The Balaban J connectivity index is 1.77. The summed E-state index contributed by atoms with van der Waals surface area (Å²) in [6.07, 6.45) is 0.562. The van der Waals surface area contributed by atoms with Gasteiger partial charge in [-0.1, -0.05) is 0 Å². The van der Waals surface area contributed by atoms with Crippen LogP contribution in [0.25, 0.3) is 0 Å². The number of amides is 1. The summed E-state index contributed by atoms with van der Waals surface area (Å²) in [6, 6.07) is 8.24. The predicted octanol–water partition coefficient (Wildman–Crippen LogP) is 2.66. The normalized spacial score (nSPS) is 10.3. The molecule has 0 fully saturated rings. The van der Waals surface area contributed by atoms with Crippen LogP contribution in [0.1, 0.15) is 27.5 Å². The fourth-order valence-electron chi connectivity index (χ4n) is 1.88. The molecule has 122 valence electrons. The Morgan fingerprint density at radius 3 is 2.43 bits per heavy atom. The minimum absolute atomic E-state index is 0.0237. The molecule has 2 rings (SSSR count). The van der Waals surface area contributed by atoms with Gasteiger partial charge < -0.3 is 19.2 Å². The lowest BCUT2D eigenvalue weighted by atomic mass is 10.3. The van der Waals surface area contributed by atoms with Crippen LogP contribution >= 0.6 is 0 Å². The van der Waals surface area contributed by atoms with Crippen molar-refractivity contribution in [2.45, 2.75) is 6.42 Å². The van der Waals surface area contributed by atoms with Crippen LogP contribution in [0.15, 0.2) is 40.8 Å². The number of aromatic carboxylic acids is 1. The second-order valence-corrected chi connectivity index (χ2v) is 4.85. The van der Waals surface area contributed by atoms with Gasteiger partial charge in [0.25, 0.3) is 5.91 Å². The third kappa shape index (κ3) is 4.57. The number of carbonyl (C=O) groups excluding carboxylic acids is 1. The zero-order chi connectivity index (χ0) is 16.8. The van der Waals surface area contributed by atoms with Gasteiger partial charge in [0, 0.05) is 13.6 Å². The van der Waals surface area contributed by atoms with E-state index < -0.39 is 11.9 Å². The molecule has 0 radical (unpaired) electrons. The molecule has 0 unspecified atom stereocenters. The van der Waals surface area contributed by atoms with Crippen molar-refractivity contribution in [2.24, 2.45) is 0 Å². The third-order valence-corrected chi connectivity index (χ3v) is 3.09. The number of rotatable bonds is 7. The largest absolute Gasteiger partial charge is 0.494 e. The maximum Gasteiger partial charge on any atom is 0.371 e. The number of hydrogen-bond acceptors (Lipinski definition) is 4. The highest BCUT2D eigenvalue weighted by molar-refractivity contribution is 5.93. The molecule has 1 aromatic heterocycles. The average molecular weight is 321 g/mol. The number of benzene rings is 1. The molecule has 6 nitrogen and oxygen atoms in total. The second kappa shape index (κ2) is 7.44. The number of carboxylic acids is 1. The van der Waals surface area contributed by atoms with Gasteiger partial charge in [-0.05, 0) is 42.8 Å². The van der Waals surface area contributed by atoms with E-state index in [0.29, 0.717) is 25.3 Å². The summed E-state index contributed by atoms with van der Waals surface area (Å²) in [5.74, 6) is -1.70. The summed E-state index contributed by atoms with van der Waals surface area (Å²) in [5, 5.41) is 8.76. The van der Waals surface area contributed by atoms with Gasteiger partial charge in [-0.15, -0.1) is 0 Å². The second-order valence-electron chi connectivity index (χ2n) is 4.85.